The molecule has 8 aromatic rings. The zero-order chi connectivity index (χ0) is 26.5. The first kappa shape index (κ1) is 22.6. The fraction of sp³-hybridized carbons (Fsp3) is 0. The van der Waals surface area contributed by atoms with Crippen molar-refractivity contribution in [3.63, 3.8) is 0 Å². The fourth-order valence-corrected chi connectivity index (χ4v) is 6.11. The molecule has 0 saturated heterocycles. The lowest BCUT2D eigenvalue weighted by Gasteiger charge is -2.25. The maximum atomic E-state index is 2.41. The normalized spacial score (nSPS) is 11.5. The summed E-state index contributed by atoms with van der Waals surface area (Å²) in [6, 6.07) is 56.7. The van der Waals surface area contributed by atoms with Crippen LogP contribution in [0.1, 0.15) is 0 Å². The van der Waals surface area contributed by atoms with E-state index in [-0.39, 0.29) is 0 Å². The maximum absolute atomic E-state index is 2.41. The Morgan fingerprint density at radius 1 is 0.375 bits per heavy atom. The van der Waals surface area contributed by atoms with Crippen LogP contribution in [0.5, 0.6) is 0 Å². The van der Waals surface area contributed by atoms with E-state index in [0.29, 0.717) is 0 Å². The highest BCUT2D eigenvalue weighted by Gasteiger charge is 2.17. The van der Waals surface area contributed by atoms with Crippen molar-refractivity contribution in [2.24, 2.45) is 0 Å². The van der Waals surface area contributed by atoms with Crippen LogP contribution in [0.2, 0.25) is 0 Å². The summed E-state index contributed by atoms with van der Waals surface area (Å²) in [6.45, 7) is 0. The molecule has 0 atom stereocenters. The van der Waals surface area contributed by atoms with Crippen LogP contribution in [-0.2, 0) is 0 Å². The fourth-order valence-electron chi connectivity index (χ4n) is 6.11. The molecule has 0 fully saturated rings. The molecular weight excluding hydrogens is 484 g/mol. The Hall–Kier alpha value is -5.34. The Morgan fingerprint density at radius 3 is 1.77 bits per heavy atom. The van der Waals surface area contributed by atoms with Gasteiger partial charge in [-0.25, -0.2) is 0 Å². The van der Waals surface area contributed by atoms with Crippen molar-refractivity contribution in [3.05, 3.63) is 158 Å². The van der Waals surface area contributed by atoms with E-state index in [4.69, 9.17) is 0 Å². The van der Waals surface area contributed by atoms with Crippen LogP contribution in [0.3, 0.4) is 0 Å². The van der Waals surface area contributed by atoms with Gasteiger partial charge >= 0.3 is 0 Å². The minimum atomic E-state index is 1.14. The van der Waals surface area contributed by atoms with E-state index in [1.807, 2.05) is 0 Å². The molecule has 2 nitrogen and oxygen atoms in total. The van der Waals surface area contributed by atoms with Crippen molar-refractivity contribution in [2.45, 2.75) is 0 Å². The van der Waals surface area contributed by atoms with Crippen molar-refractivity contribution < 1.29 is 0 Å². The van der Waals surface area contributed by atoms with Crippen LogP contribution >= 0.6 is 0 Å². The van der Waals surface area contributed by atoms with E-state index in [1.165, 1.54) is 49.0 Å². The molecule has 0 saturated carbocycles. The van der Waals surface area contributed by atoms with Gasteiger partial charge in [-0.05, 0) is 82.2 Å². The number of para-hydroxylation sites is 3. The Bertz CT molecular complexity index is 2120. The number of fused-ring (bicyclic) bond motifs is 6. The summed E-state index contributed by atoms with van der Waals surface area (Å²) in [7, 11) is 0. The number of benzene rings is 7. The molecule has 0 amide bonds. The Labute approximate surface area is 233 Å². The van der Waals surface area contributed by atoms with Gasteiger partial charge in [0.1, 0.15) is 0 Å². The van der Waals surface area contributed by atoms with Crippen molar-refractivity contribution in [1.29, 1.82) is 0 Å². The second kappa shape index (κ2) is 9.14. The summed E-state index contributed by atoms with van der Waals surface area (Å²) in [5.74, 6) is 0. The van der Waals surface area contributed by atoms with E-state index in [2.05, 4.69) is 167 Å². The third-order valence-corrected chi connectivity index (χ3v) is 7.92. The molecule has 8 rings (SSSR count). The Morgan fingerprint density at radius 2 is 1.00 bits per heavy atom. The number of hydrogen-bond acceptors (Lipinski definition) is 1. The number of anilines is 3. The van der Waals surface area contributed by atoms with E-state index in [9.17, 15) is 0 Å². The van der Waals surface area contributed by atoms with Gasteiger partial charge in [0.2, 0.25) is 0 Å². The molecular formula is C38H26N2. The molecule has 0 unspecified atom stereocenters. The van der Waals surface area contributed by atoms with Gasteiger partial charge < -0.3 is 9.47 Å². The van der Waals surface area contributed by atoms with Gasteiger partial charge in [0, 0.05) is 33.5 Å². The maximum Gasteiger partial charge on any atom is 0.0547 e. The first-order valence-electron chi connectivity index (χ1n) is 13.7. The SMILES string of the molecule is c1ccc(N(c2ccccc2)c2ccc3ccc4c(c3c2)c2ccccc2n4-c2ccc3ccccc3c2)cc1. The lowest BCUT2D eigenvalue weighted by Crippen LogP contribution is -2.09. The van der Waals surface area contributed by atoms with Crippen LogP contribution in [-0.4, -0.2) is 4.57 Å². The molecule has 7 aromatic carbocycles. The van der Waals surface area contributed by atoms with E-state index in [1.54, 1.807) is 0 Å². The van der Waals surface area contributed by atoms with Gasteiger partial charge in [0.25, 0.3) is 0 Å². The third kappa shape index (κ3) is 3.58. The topological polar surface area (TPSA) is 8.17 Å². The number of nitrogens with zero attached hydrogens (tertiary/aromatic N) is 2. The lowest BCUT2D eigenvalue weighted by atomic mass is 10.0. The van der Waals surface area contributed by atoms with Crippen LogP contribution in [0.15, 0.2) is 158 Å². The van der Waals surface area contributed by atoms with Gasteiger partial charge in [-0.2, -0.15) is 0 Å². The zero-order valence-corrected chi connectivity index (χ0v) is 21.9. The lowest BCUT2D eigenvalue weighted by molar-refractivity contribution is 1.19. The van der Waals surface area contributed by atoms with Gasteiger partial charge in [-0.1, -0.05) is 97.1 Å². The minimum absolute atomic E-state index is 1.14. The summed E-state index contributed by atoms with van der Waals surface area (Å²) in [4.78, 5) is 2.33. The summed E-state index contributed by atoms with van der Waals surface area (Å²) in [6.07, 6.45) is 0. The van der Waals surface area contributed by atoms with Crippen LogP contribution in [0.25, 0.3) is 49.0 Å². The monoisotopic (exact) mass is 510 g/mol. The smallest absolute Gasteiger partial charge is 0.0547 e. The predicted molar refractivity (Wildman–Crippen MR) is 170 cm³/mol. The molecule has 0 bridgehead atoms. The molecule has 2 heteroatoms. The first-order valence-corrected chi connectivity index (χ1v) is 13.7. The highest BCUT2D eigenvalue weighted by Crippen LogP contribution is 2.41. The molecule has 188 valence electrons. The van der Waals surface area contributed by atoms with E-state index >= 15 is 0 Å². The van der Waals surface area contributed by atoms with Crippen molar-refractivity contribution in [3.8, 4) is 5.69 Å². The Balaban J connectivity index is 1.42. The van der Waals surface area contributed by atoms with Crippen molar-refractivity contribution in [2.75, 3.05) is 4.90 Å². The van der Waals surface area contributed by atoms with Crippen LogP contribution < -0.4 is 4.90 Å². The van der Waals surface area contributed by atoms with E-state index < -0.39 is 0 Å². The second-order valence-electron chi connectivity index (χ2n) is 10.3. The molecule has 40 heavy (non-hydrogen) atoms. The summed E-state index contributed by atoms with van der Waals surface area (Å²) >= 11 is 0. The average molecular weight is 511 g/mol. The van der Waals surface area contributed by atoms with Gasteiger partial charge in [0.15, 0.2) is 0 Å². The standard InChI is InChI=1S/C38H26N2/c1-3-13-30(14-4-1)39(31-15-5-2-6-16-31)33-23-20-28-21-24-37-38(35(28)26-33)34-17-9-10-18-36(34)40(37)32-22-19-27-11-7-8-12-29(27)25-32/h1-26H. The largest absolute Gasteiger partial charge is 0.310 e. The van der Waals surface area contributed by atoms with Gasteiger partial charge in [0.05, 0.1) is 11.0 Å². The minimum Gasteiger partial charge on any atom is -0.310 e. The number of hydrogen-bond donors (Lipinski definition) is 0. The van der Waals surface area contributed by atoms with Gasteiger partial charge in [-0.3, -0.25) is 0 Å². The number of rotatable bonds is 4. The molecule has 0 radical (unpaired) electrons. The van der Waals surface area contributed by atoms with Crippen LogP contribution in [0, 0.1) is 0 Å². The van der Waals surface area contributed by atoms with E-state index in [0.717, 1.165) is 17.1 Å². The molecule has 0 spiro atoms. The molecule has 1 aromatic heterocycles. The summed E-state index contributed by atoms with van der Waals surface area (Å²) in [5.41, 5.74) is 7.02. The highest BCUT2D eigenvalue weighted by molar-refractivity contribution is 6.22. The quantitative estimate of drug-likeness (QED) is 0.229. The summed E-state index contributed by atoms with van der Waals surface area (Å²) < 4.78 is 2.41. The number of aromatic nitrogens is 1. The second-order valence-corrected chi connectivity index (χ2v) is 10.3. The molecule has 1 heterocycles. The Kier molecular flexibility index (Phi) is 5.17. The van der Waals surface area contributed by atoms with Crippen molar-refractivity contribution in [1.82, 2.24) is 4.57 Å². The van der Waals surface area contributed by atoms with Gasteiger partial charge in [-0.15, -0.1) is 0 Å². The molecule has 0 N–H and O–H groups in total. The predicted octanol–water partition coefficient (Wildman–Crippen LogP) is 10.6. The third-order valence-electron chi connectivity index (χ3n) is 7.92. The molecule has 0 aliphatic heterocycles. The first-order chi connectivity index (χ1) is 19.8. The zero-order valence-electron chi connectivity index (χ0n) is 21.9. The molecule has 0 aliphatic rings. The molecule has 0 aliphatic carbocycles. The van der Waals surface area contributed by atoms with Crippen LogP contribution in [0.4, 0.5) is 17.1 Å². The van der Waals surface area contributed by atoms with Crippen molar-refractivity contribution >= 4 is 60.4 Å². The highest BCUT2D eigenvalue weighted by atomic mass is 15.1. The average Bonchev–Trinajstić information content (AvgIpc) is 3.37. The summed E-state index contributed by atoms with van der Waals surface area (Å²) in [5, 5.41) is 7.53.